The van der Waals surface area contributed by atoms with Crippen LogP contribution in [0.4, 0.5) is 0 Å². The molecule has 2 N–H and O–H groups in total. The lowest BCUT2D eigenvalue weighted by Gasteiger charge is -2.18. The highest BCUT2D eigenvalue weighted by Gasteiger charge is 2.25. The summed E-state index contributed by atoms with van der Waals surface area (Å²) in [5.41, 5.74) is 8.54. The molecule has 0 spiro atoms. The second-order valence-electron chi connectivity index (χ2n) is 5.46. The molecule has 1 saturated heterocycles. The van der Waals surface area contributed by atoms with Gasteiger partial charge in [0.15, 0.2) is 0 Å². The first-order valence-electron chi connectivity index (χ1n) is 6.70. The lowest BCUT2D eigenvalue weighted by molar-refractivity contribution is 0.315. The van der Waals surface area contributed by atoms with Crippen LogP contribution < -0.4 is 5.73 Å². The van der Waals surface area contributed by atoms with Crippen molar-refractivity contribution in [2.75, 3.05) is 19.6 Å². The van der Waals surface area contributed by atoms with Gasteiger partial charge in [-0.25, -0.2) is 0 Å². The maximum Gasteiger partial charge on any atom is 0.0236 e. The molecule has 94 valence electrons. The van der Waals surface area contributed by atoms with Crippen LogP contribution in [0.1, 0.15) is 25.0 Å². The lowest BCUT2D eigenvalue weighted by atomic mass is 10.0. The SMILES string of the molecule is CC1CN(Cc2ccccc2CCN)CC1C. The van der Waals surface area contributed by atoms with Crippen LogP contribution >= 0.6 is 0 Å². The van der Waals surface area contributed by atoms with E-state index in [1.807, 2.05) is 0 Å². The summed E-state index contributed by atoms with van der Waals surface area (Å²) < 4.78 is 0. The minimum atomic E-state index is 0.740. The Kier molecular flexibility index (Phi) is 4.19. The van der Waals surface area contributed by atoms with Crippen molar-refractivity contribution in [3.05, 3.63) is 35.4 Å². The summed E-state index contributed by atoms with van der Waals surface area (Å²) in [6.07, 6.45) is 0.995. The molecule has 1 fully saturated rings. The molecule has 0 bridgehead atoms. The highest BCUT2D eigenvalue weighted by atomic mass is 15.1. The van der Waals surface area contributed by atoms with Crippen molar-refractivity contribution in [2.45, 2.75) is 26.8 Å². The third kappa shape index (κ3) is 3.08. The van der Waals surface area contributed by atoms with Crippen molar-refractivity contribution in [3.63, 3.8) is 0 Å². The minimum absolute atomic E-state index is 0.740. The van der Waals surface area contributed by atoms with Gasteiger partial charge in [-0.15, -0.1) is 0 Å². The van der Waals surface area contributed by atoms with E-state index in [0.717, 1.165) is 31.3 Å². The summed E-state index contributed by atoms with van der Waals surface area (Å²) in [6, 6.07) is 8.71. The number of hydrogen-bond acceptors (Lipinski definition) is 2. The summed E-state index contributed by atoms with van der Waals surface area (Å²) >= 11 is 0. The molecule has 2 atom stereocenters. The number of rotatable bonds is 4. The monoisotopic (exact) mass is 232 g/mol. The van der Waals surface area contributed by atoms with Crippen molar-refractivity contribution < 1.29 is 0 Å². The van der Waals surface area contributed by atoms with Gasteiger partial charge in [-0.05, 0) is 35.9 Å². The minimum Gasteiger partial charge on any atom is -0.330 e. The van der Waals surface area contributed by atoms with Gasteiger partial charge < -0.3 is 5.73 Å². The van der Waals surface area contributed by atoms with Gasteiger partial charge in [0.2, 0.25) is 0 Å². The molecule has 2 unspecified atom stereocenters. The van der Waals surface area contributed by atoms with Gasteiger partial charge in [0, 0.05) is 19.6 Å². The zero-order valence-corrected chi connectivity index (χ0v) is 11.0. The molecule has 0 aliphatic carbocycles. The fraction of sp³-hybridized carbons (Fsp3) is 0.600. The van der Waals surface area contributed by atoms with E-state index in [1.54, 1.807) is 0 Å². The Morgan fingerprint density at radius 3 is 2.29 bits per heavy atom. The van der Waals surface area contributed by atoms with Gasteiger partial charge in [0.05, 0.1) is 0 Å². The molecular weight excluding hydrogens is 208 g/mol. The quantitative estimate of drug-likeness (QED) is 0.863. The molecular formula is C15H24N2. The molecule has 1 aliphatic rings. The molecule has 17 heavy (non-hydrogen) atoms. The van der Waals surface area contributed by atoms with Gasteiger partial charge in [-0.1, -0.05) is 38.1 Å². The normalized spacial score (nSPS) is 25.4. The first-order chi connectivity index (χ1) is 8.20. The van der Waals surface area contributed by atoms with Gasteiger partial charge in [-0.3, -0.25) is 4.90 Å². The fourth-order valence-corrected chi connectivity index (χ4v) is 2.73. The summed E-state index contributed by atoms with van der Waals surface area (Å²) in [6.45, 7) is 9.01. The Hall–Kier alpha value is -0.860. The largest absolute Gasteiger partial charge is 0.330 e. The van der Waals surface area contributed by atoms with Crippen LogP contribution in [0.25, 0.3) is 0 Å². The van der Waals surface area contributed by atoms with Crippen molar-refractivity contribution in [1.29, 1.82) is 0 Å². The maximum atomic E-state index is 5.67. The highest BCUT2D eigenvalue weighted by Crippen LogP contribution is 2.24. The molecule has 0 radical (unpaired) electrons. The Balaban J connectivity index is 2.03. The van der Waals surface area contributed by atoms with Crippen molar-refractivity contribution in [2.24, 2.45) is 17.6 Å². The molecule has 2 heteroatoms. The molecule has 1 heterocycles. The Morgan fingerprint density at radius 1 is 1.12 bits per heavy atom. The first-order valence-corrected chi connectivity index (χ1v) is 6.70. The molecule has 0 aromatic heterocycles. The maximum absolute atomic E-state index is 5.67. The molecule has 2 nitrogen and oxygen atoms in total. The van der Waals surface area contributed by atoms with E-state index in [9.17, 15) is 0 Å². The third-order valence-corrected chi connectivity index (χ3v) is 3.99. The van der Waals surface area contributed by atoms with Crippen LogP contribution in [0.15, 0.2) is 24.3 Å². The van der Waals surface area contributed by atoms with Gasteiger partial charge >= 0.3 is 0 Å². The molecule has 0 amide bonds. The van der Waals surface area contributed by atoms with Gasteiger partial charge in [0.1, 0.15) is 0 Å². The van der Waals surface area contributed by atoms with E-state index < -0.39 is 0 Å². The number of hydrogen-bond donors (Lipinski definition) is 1. The predicted molar refractivity (Wildman–Crippen MR) is 72.8 cm³/mol. The van der Waals surface area contributed by atoms with E-state index in [1.165, 1.54) is 24.2 Å². The van der Waals surface area contributed by atoms with Crippen molar-refractivity contribution in [3.8, 4) is 0 Å². The fourth-order valence-electron chi connectivity index (χ4n) is 2.73. The summed E-state index contributed by atoms with van der Waals surface area (Å²) in [5, 5.41) is 0. The molecule has 1 aliphatic heterocycles. The second-order valence-corrected chi connectivity index (χ2v) is 5.46. The van der Waals surface area contributed by atoms with Crippen molar-refractivity contribution >= 4 is 0 Å². The molecule has 1 aromatic carbocycles. The van der Waals surface area contributed by atoms with Crippen LogP contribution in [0.5, 0.6) is 0 Å². The average molecular weight is 232 g/mol. The summed E-state index contributed by atoms with van der Waals surface area (Å²) in [7, 11) is 0. The Bertz CT molecular complexity index is 352. The number of nitrogens with zero attached hydrogens (tertiary/aromatic N) is 1. The highest BCUT2D eigenvalue weighted by molar-refractivity contribution is 5.27. The van der Waals surface area contributed by atoms with E-state index >= 15 is 0 Å². The standard InChI is InChI=1S/C15H24N2/c1-12-9-17(10-13(12)2)11-15-6-4-3-5-14(15)7-8-16/h3-6,12-13H,7-11,16H2,1-2H3. The van der Waals surface area contributed by atoms with Crippen LogP contribution in [0.2, 0.25) is 0 Å². The molecule has 2 rings (SSSR count). The van der Waals surface area contributed by atoms with Crippen molar-refractivity contribution in [1.82, 2.24) is 4.90 Å². The molecule has 1 aromatic rings. The van der Waals surface area contributed by atoms with Gasteiger partial charge in [0.25, 0.3) is 0 Å². The van der Waals surface area contributed by atoms with Crippen LogP contribution in [-0.4, -0.2) is 24.5 Å². The van der Waals surface area contributed by atoms with E-state index in [2.05, 4.69) is 43.0 Å². The van der Waals surface area contributed by atoms with Gasteiger partial charge in [-0.2, -0.15) is 0 Å². The van der Waals surface area contributed by atoms with Crippen LogP contribution in [0.3, 0.4) is 0 Å². The third-order valence-electron chi connectivity index (χ3n) is 3.99. The number of nitrogens with two attached hydrogens (primary N) is 1. The second kappa shape index (κ2) is 5.65. The number of benzene rings is 1. The Morgan fingerprint density at radius 2 is 1.71 bits per heavy atom. The van der Waals surface area contributed by atoms with E-state index in [0.29, 0.717) is 0 Å². The summed E-state index contributed by atoms with van der Waals surface area (Å²) in [5.74, 6) is 1.66. The first kappa shape index (κ1) is 12.6. The topological polar surface area (TPSA) is 29.3 Å². The average Bonchev–Trinajstić information content (AvgIpc) is 2.61. The number of likely N-dealkylation sites (tertiary alicyclic amines) is 1. The van der Waals surface area contributed by atoms with Crippen LogP contribution in [-0.2, 0) is 13.0 Å². The van der Waals surface area contributed by atoms with E-state index in [4.69, 9.17) is 5.73 Å². The zero-order valence-electron chi connectivity index (χ0n) is 11.0. The Labute approximate surface area is 105 Å². The summed E-state index contributed by atoms with van der Waals surface area (Å²) in [4.78, 5) is 2.57. The smallest absolute Gasteiger partial charge is 0.0236 e. The predicted octanol–water partition coefficient (Wildman–Crippen LogP) is 2.28. The van der Waals surface area contributed by atoms with Crippen LogP contribution in [0, 0.1) is 11.8 Å². The van der Waals surface area contributed by atoms with E-state index in [-0.39, 0.29) is 0 Å². The lowest BCUT2D eigenvalue weighted by Crippen LogP contribution is -2.21. The molecule has 0 saturated carbocycles. The zero-order chi connectivity index (χ0) is 12.3.